The second-order valence-corrected chi connectivity index (χ2v) is 4.15. The Bertz CT molecular complexity index is 353. The van der Waals surface area contributed by atoms with Crippen molar-refractivity contribution in [2.45, 2.75) is 54.1 Å². The number of ether oxygens (including phenoxy) is 1. The van der Waals surface area contributed by atoms with Gasteiger partial charge < -0.3 is 4.74 Å². The molecular formula is C21H34O. The summed E-state index contributed by atoms with van der Waals surface area (Å²) in [5, 5.41) is 0. The molecular weight excluding hydrogens is 268 g/mol. The van der Waals surface area contributed by atoms with E-state index in [1.807, 2.05) is 58.0 Å². The van der Waals surface area contributed by atoms with Crippen LogP contribution in [0.4, 0.5) is 0 Å². The fraction of sp³-hybridized carbons (Fsp3) is 0.429. The average Bonchev–Trinajstić information content (AvgIpc) is 2.62. The molecule has 1 heteroatoms. The molecule has 0 aliphatic carbocycles. The Hall–Kier alpha value is -1.60. The average molecular weight is 303 g/mol. The summed E-state index contributed by atoms with van der Waals surface area (Å²) in [6, 6.07) is 20.7. The van der Waals surface area contributed by atoms with Gasteiger partial charge in [0.05, 0.1) is 6.61 Å². The highest BCUT2D eigenvalue weighted by Crippen LogP contribution is 2.00. The minimum absolute atomic E-state index is 0.709. The second kappa shape index (κ2) is 19.4. The Kier molecular flexibility index (Phi) is 20.0. The molecule has 0 N–H and O–H groups in total. The summed E-state index contributed by atoms with van der Waals surface area (Å²) in [5.74, 6) is 0. The standard InChI is InChI=1S/C9H12.C8H10O.2C2H6/c1-2-6-9-7-4-3-5-8-9;1-9-7-8-5-3-2-4-6-8;2*1-2/h3-5,7-8H,2,6H2,1H3;2-6H,7H2,1H3;2*1-2H3. The third kappa shape index (κ3) is 13.4. The van der Waals surface area contributed by atoms with Crippen LogP contribution in [0.1, 0.15) is 52.2 Å². The maximum Gasteiger partial charge on any atom is 0.0713 e. The van der Waals surface area contributed by atoms with Crippen LogP contribution in [0, 0.1) is 0 Å². The van der Waals surface area contributed by atoms with Gasteiger partial charge in [-0.1, -0.05) is 102 Å². The van der Waals surface area contributed by atoms with E-state index < -0.39 is 0 Å². The van der Waals surface area contributed by atoms with Crippen molar-refractivity contribution in [1.82, 2.24) is 0 Å². The summed E-state index contributed by atoms with van der Waals surface area (Å²) in [5.41, 5.74) is 2.67. The summed E-state index contributed by atoms with van der Waals surface area (Å²) in [6.45, 7) is 10.9. The quantitative estimate of drug-likeness (QED) is 0.624. The van der Waals surface area contributed by atoms with E-state index in [1.165, 1.54) is 24.0 Å². The lowest BCUT2D eigenvalue weighted by Crippen LogP contribution is -1.84. The summed E-state index contributed by atoms with van der Waals surface area (Å²) in [6.07, 6.45) is 2.45. The van der Waals surface area contributed by atoms with Crippen LogP contribution in [0.5, 0.6) is 0 Å². The zero-order valence-corrected chi connectivity index (χ0v) is 15.3. The molecule has 0 saturated heterocycles. The van der Waals surface area contributed by atoms with Crippen molar-refractivity contribution >= 4 is 0 Å². The number of rotatable bonds is 4. The van der Waals surface area contributed by atoms with Gasteiger partial charge in [-0.05, 0) is 17.5 Å². The zero-order valence-electron chi connectivity index (χ0n) is 15.3. The van der Waals surface area contributed by atoms with Crippen molar-refractivity contribution in [3.63, 3.8) is 0 Å². The van der Waals surface area contributed by atoms with Crippen LogP contribution in [-0.2, 0) is 17.8 Å². The Balaban J connectivity index is 0. The smallest absolute Gasteiger partial charge is 0.0713 e. The normalized spacial score (nSPS) is 8.27. The van der Waals surface area contributed by atoms with Crippen LogP contribution >= 0.6 is 0 Å². The van der Waals surface area contributed by atoms with Crippen molar-refractivity contribution in [1.29, 1.82) is 0 Å². The summed E-state index contributed by atoms with van der Waals surface area (Å²) >= 11 is 0. The van der Waals surface area contributed by atoms with Gasteiger partial charge in [0.2, 0.25) is 0 Å². The molecule has 2 aromatic carbocycles. The molecule has 0 unspecified atom stereocenters. The van der Waals surface area contributed by atoms with Gasteiger partial charge in [-0.15, -0.1) is 0 Å². The molecule has 0 amide bonds. The molecule has 0 spiro atoms. The lowest BCUT2D eigenvalue weighted by molar-refractivity contribution is 0.185. The summed E-state index contributed by atoms with van der Waals surface area (Å²) in [7, 11) is 1.70. The maximum atomic E-state index is 4.93. The lowest BCUT2D eigenvalue weighted by Gasteiger charge is -1.95. The molecule has 0 bridgehead atoms. The number of methoxy groups -OCH3 is 1. The van der Waals surface area contributed by atoms with E-state index in [2.05, 4.69) is 37.3 Å². The van der Waals surface area contributed by atoms with E-state index in [0.29, 0.717) is 6.61 Å². The lowest BCUT2D eigenvalue weighted by atomic mass is 10.1. The highest BCUT2D eigenvalue weighted by Gasteiger charge is 1.85. The summed E-state index contributed by atoms with van der Waals surface area (Å²) < 4.78 is 4.93. The summed E-state index contributed by atoms with van der Waals surface area (Å²) in [4.78, 5) is 0. The second-order valence-electron chi connectivity index (χ2n) is 4.15. The van der Waals surface area contributed by atoms with E-state index >= 15 is 0 Å². The maximum absolute atomic E-state index is 4.93. The Labute approximate surface area is 138 Å². The van der Waals surface area contributed by atoms with Crippen LogP contribution in [0.2, 0.25) is 0 Å². The first-order chi connectivity index (χ1) is 10.9. The molecule has 22 heavy (non-hydrogen) atoms. The molecule has 124 valence electrons. The van der Waals surface area contributed by atoms with E-state index in [9.17, 15) is 0 Å². The van der Waals surface area contributed by atoms with E-state index in [4.69, 9.17) is 4.74 Å². The Morgan fingerprint density at radius 3 is 1.45 bits per heavy atom. The number of aryl methyl sites for hydroxylation is 1. The predicted molar refractivity (Wildman–Crippen MR) is 100 cm³/mol. The first-order valence-corrected chi connectivity index (χ1v) is 8.43. The molecule has 2 rings (SSSR count). The molecule has 0 radical (unpaired) electrons. The molecule has 0 saturated carbocycles. The van der Waals surface area contributed by atoms with Crippen LogP contribution in [0.3, 0.4) is 0 Å². The van der Waals surface area contributed by atoms with Crippen molar-refractivity contribution in [3.05, 3.63) is 71.8 Å². The van der Waals surface area contributed by atoms with Gasteiger partial charge in [0.15, 0.2) is 0 Å². The Morgan fingerprint density at radius 2 is 1.09 bits per heavy atom. The number of benzene rings is 2. The third-order valence-corrected chi connectivity index (χ3v) is 2.54. The van der Waals surface area contributed by atoms with Gasteiger partial charge >= 0.3 is 0 Å². The molecule has 0 aromatic heterocycles. The van der Waals surface area contributed by atoms with Crippen molar-refractivity contribution in [2.24, 2.45) is 0 Å². The van der Waals surface area contributed by atoms with Gasteiger partial charge in [0.25, 0.3) is 0 Å². The van der Waals surface area contributed by atoms with Crippen LogP contribution in [0.15, 0.2) is 60.7 Å². The van der Waals surface area contributed by atoms with Crippen LogP contribution < -0.4 is 0 Å². The van der Waals surface area contributed by atoms with E-state index in [0.717, 1.165) is 0 Å². The molecule has 0 aliphatic rings. The fourth-order valence-corrected chi connectivity index (χ4v) is 1.67. The van der Waals surface area contributed by atoms with Crippen molar-refractivity contribution in [2.75, 3.05) is 7.11 Å². The Morgan fingerprint density at radius 1 is 0.682 bits per heavy atom. The van der Waals surface area contributed by atoms with Crippen molar-refractivity contribution < 1.29 is 4.74 Å². The van der Waals surface area contributed by atoms with Gasteiger partial charge in [0, 0.05) is 7.11 Å². The SMILES string of the molecule is CC.CC.CCCc1ccccc1.COCc1ccccc1. The third-order valence-electron chi connectivity index (χ3n) is 2.54. The van der Waals surface area contributed by atoms with Gasteiger partial charge in [-0.2, -0.15) is 0 Å². The van der Waals surface area contributed by atoms with Crippen LogP contribution in [-0.4, -0.2) is 7.11 Å². The van der Waals surface area contributed by atoms with E-state index in [-0.39, 0.29) is 0 Å². The molecule has 0 heterocycles. The predicted octanol–water partition coefficient (Wildman–Crippen LogP) is 6.52. The highest BCUT2D eigenvalue weighted by molar-refractivity contribution is 5.14. The zero-order chi connectivity index (χ0) is 17.1. The molecule has 0 fully saturated rings. The molecule has 0 aliphatic heterocycles. The van der Waals surface area contributed by atoms with E-state index in [1.54, 1.807) is 7.11 Å². The molecule has 1 nitrogen and oxygen atoms in total. The first-order valence-electron chi connectivity index (χ1n) is 8.43. The largest absolute Gasteiger partial charge is 0.380 e. The van der Waals surface area contributed by atoms with Crippen LogP contribution in [0.25, 0.3) is 0 Å². The van der Waals surface area contributed by atoms with Gasteiger partial charge in [-0.3, -0.25) is 0 Å². The van der Waals surface area contributed by atoms with Gasteiger partial charge in [0.1, 0.15) is 0 Å². The fourth-order valence-electron chi connectivity index (χ4n) is 1.67. The number of hydrogen-bond donors (Lipinski definition) is 0. The van der Waals surface area contributed by atoms with Crippen molar-refractivity contribution in [3.8, 4) is 0 Å². The molecule has 2 aromatic rings. The first kappa shape index (κ1) is 22.7. The minimum atomic E-state index is 0.709. The molecule has 0 atom stereocenters. The van der Waals surface area contributed by atoms with Gasteiger partial charge in [-0.25, -0.2) is 0 Å². The number of hydrogen-bond acceptors (Lipinski definition) is 1. The highest BCUT2D eigenvalue weighted by atomic mass is 16.5. The monoisotopic (exact) mass is 302 g/mol. The topological polar surface area (TPSA) is 9.23 Å². The minimum Gasteiger partial charge on any atom is -0.380 e.